The van der Waals surface area contributed by atoms with Crippen molar-refractivity contribution in [2.75, 3.05) is 12.3 Å². The lowest BCUT2D eigenvalue weighted by atomic mass is 10.2. The predicted molar refractivity (Wildman–Crippen MR) is 64.4 cm³/mol. The molecule has 3 heteroatoms. The molecule has 2 N–H and O–H groups in total. The van der Waals surface area contributed by atoms with E-state index in [1.165, 1.54) is 0 Å². The molecule has 0 saturated heterocycles. The maximum Gasteiger partial charge on any atom is 0.0545 e. The summed E-state index contributed by atoms with van der Waals surface area (Å²) in [5.74, 6) is 0. The van der Waals surface area contributed by atoms with E-state index in [1.807, 2.05) is 18.2 Å². The molecule has 0 aliphatic carbocycles. The van der Waals surface area contributed by atoms with E-state index in [0.717, 1.165) is 18.8 Å². The van der Waals surface area contributed by atoms with Crippen molar-refractivity contribution in [3.63, 3.8) is 0 Å². The van der Waals surface area contributed by atoms with Gasteiger partial charge in [0.15, 0.2) is 0 Å². The van der Waals surface area contributed by atoms with Gasteiger partial charge in [-0.1, -0.05) is 6.08 Å². The summed E-state index contributed by atoms with van der Waals surface area (Å²) < 4.78 is 0. The first-order valence-corrected chi connectivity index (χ1v) is 5.19. The molecule has 1 aromatic rings. The maximum absolute atomic E-state index is 5.58. The van der Waals surface area contributed by atoms with Crippen molar-refractivity contribution in [1.82, 2.24) is 9.88 Å². The van der Waals surface area contributed by atoms with Gasteiger partial charge >= 0.3 is 0 Å². The molecule has 0 atom stereocenters. The van der Waals surface area contributed by atoms with Gasteiger partial charge in [0.05, 0.1) is 17.6 Å². The molecule has 0 aliphatic heterocycles. The molecular weight excluding hydrogens is 186 g/mol. The van der Waals surface area contributed by atoms with E-state index in [2.05, 4.69) is 30.3 Å². The zero-order valence-corrected chi connectivity index (χ0v) is 9.48. The van der Waals surface area contributed by atoms with Crippen LogP contribution in [0, 0.1) is 0 Å². The van der Waals surface area contributed by atoms with Gasteiger partial charge in [-0.25, -0.2) is 0 Å². The summed E-state index contributed by atoms with van der Waals surface area (Å²) in [4.78, 5) is 6.58. The van der Waals surface area contributed by atoms with Crippen molar-refractivity contribution in [2.45, 2.75) is 26.4 Å². The van der Waals surface area contributed by atoms with Crippen molar-refractivity contribution >= 4 is 5.69 Å². The molecule has 0 bridgehead atoms. The lowest BCUT2D eigenvalue weighted by Crippen LogP contribution is -2.30. The molecule has 0 radical (unpaired) electrons. The van der Waals surface area contributed by atoms with E-state index in [4.69, 9.17) is 5.73 Å². The van der Waals surface area contributed by atoms with Crippen LogP contribution in [0.2, 0.25) is 0 Å². The van der Waals surface area contributed by atoms with Gasteiger partial charge < -0.3 is 5.73 Å². The van der Waals surface area contributed by atoms with Gasteiger partial charge in [0, 0.05) is 19.1 Å². The van der Waals surface area contributed by atoms with Gasteiger partial charge in [-0.3, -0.25) is 9.88 Å². The van der Waals surface area contributed by atoms with Crippen LogP contribution in [0.15, 0.2) is 31.0 Å². The van der Waals surface area contributed by atoms with Crippen LogP contribution in [0.25, 0.3) is 0 Å². The van der Waals surface area contributed by atoms with Crippen LogP contribution in [0.1, 0.15) is 19.5 Å². The summed E-state index contributed by atoms with van der Waals surface area (Å²) in [6.07, 6.45) is 3.61. The molecule has 0 fully saturated rings. The molecule has 1 rings (SSSR count). The number of anilines is 1. The van der Waals surface area contributed by atoms with Gasteiger partial charge in [-0.15, -0.1) is 6.58 Å². The van der Waals surface area contributed by atoms with Gasteiger partial charge in [0.2, 0.25) is 0 Å². The fraction of sp³-hybridized carbons (Fsp3) is 0.417. The molecule has 0 aromatic carbocycles. The van der Waals surface area contributed by atoms with E-state index in [0.29, 0.717) is 11.7 Å². The van der Waals surface area contributed by atoms with Crippen LogP contribution >= 0.6 is 0 Å². The first-order valence-electron chi connectivity index (χ1n) is 5.19. The number of aromatic nitrogens is 1. The van der Waals surface area contributed by atoms with Gasteiger partial charge in [-0.05, 0) is 26.0 Å². The average Bonchev–Trinajstić information content (AvgIpc) is 2.20. The van der Waals surface area contributed by atoms with Crippen LogP contribution in [-0.2, 0) is 6.54 Å². The van der Waals surface area contributed by atoms with Gasteiger partial charge in [-0.2, -0.15) is 0 Å². The molecule has 1 heterocycles. The Morgan fingerprint density at radius 2 is 2.27 bits per heavy atom. The number of nitrogens with zero attached hydrogens (tertiary/aromatic N) is 2. The highest BCUT2D eigenvalue weighted by atomic mass is 15.1. The number of hydrogen-bond acceptors (Lipinski definition) is 3. The van der Waals surface area contributed by atoms with Crippen LogP contribution in [0.4, 0.5) is 5.69 Å². The lowest BCUT2D eigenvalue weighted by Gasteiger charge is -2.24. The summed E-state index contributed by atoms with van der Waals surface area (Å²) in [6.45, 7) is 9.81. The lowest BCUT2D eigenvalue weighted by molar-refractivity contribution is 0.234. The molecule has 1 aromatic heterocycles. The second kappa shape index (κ2) is 5.51. The smallest absolute Gasteiger partial charge is 0.0545 e. The highest BCUT2D eigenvalue weighted by molar-refractivity contribution is 5.34. The Morgan fingerprint density at radius 3 is 2.73 bits per heavy atom. The van der Waals surface area contributed by atoms with Gasteiger partial charge in [0.1, 0.15) is 0 Å². The Kier molecular flexibility index (Phi) is 4.31. The first-order chi connectivity index (χ1) is 7.13. The van der Waals surface area contributed by atoms with Crippen molar-refractivity contribution in [3.8, 4) is 0 Å². The summed E-state index contributed by atoms with van der Waals surface area (Å²) in [5, 5.41) is 0. The highest BCUT2D eigenvalue weighted by Gasteiger charge is 2.08. The quantitative estimate of drug-likeness (QED) is 0.748. The zero-order valence-electron chi connectivity index (χ0n) is 9.48. The second-order valence-electron chi connectivity index (χ2n) is 3.89. The molecule has 0 aliphatic rings. The third-order valence-corrected chi connectivity index (χ3v) is 2.31. The molecule has 0 spiro atoms. The van der Waals surface area contributed by atoms with Crippen LogP contribution in [0.3, 0.4) is 0 Å². The number of nitrogen functional groups attached to an aromatic ring is 1. The fourth-order valence-electron chi connectivity index (χ4n) is 1.36. The topological polar surface area (TPSA) is 42.1 Å². The van der Waals surface area contributed by atoms with E-state index in [1.54, 1.807) is 6.20 Å². The summed E-state index contributed by atoms with van der Waals surface area (Å²) >= 11 is 0. The minimum absolute atomic E-state index is 0.488. The molecule has 0 amide bonds. The standard InChI is InChI=1S/C12H19N3/c1-4-7-15(10(2)3)9-12-6-5-11(13)8-14-12/h4-6,8,10H,1,7,9,13H2,2-3H3. The molecule has 15 heavy (non-hydrogen) atoms. The van der Waals surface area contributed by atoms with E-state index < -0.39 is 0 Å². The maximum atomic E-state index is 5.58. The Balaban J connectivity index is 2.65. The summed E-state index contributed by atoms with van der Waals surface area (Å²) in [7, 11) is 0. The van der Waals surface area contributed by atoms with Gasteiger partial charge in [0.25, 0.3) is 0 Å². The Hall–Kier alpha value is -1.35. The largest absolute Gasteiger partial charge is 0.397 e. The van der Waals surface area contributed by atoms with Crippen molar-refractivity contribution in [2.24, 2.45) is 0 Å². The Bertz CT molecular complexity index is 303. The minimum Gasteiger partial charge on any atom is -0.397 e. The number of nitrogens with two attached hydrogens (primary N) is 1. The van der Waals surface area contributed by atoms with E-state index in [9.17, 15) is 0 Å². The predicted octanol–water partition coefficient (Wildman–Crippen LogP) is 2.06. The van der Waals surface area contributed by atoms with Crippen molar-refractivity contribution in [3.05, 3.63) is 36.7 Å². The average molecular weight is 205 g/mol. The minimum atomic E-state index is 0.488. The normalized spacial score (nSPS) is 10.9. The third-order valence-electron chi connectivity index (χ3n) is 2.31. The zero-order chi connectivity index (χ0) is 11.3. The number of hydrogen-bond donors (Lipinski definition) is 1. The molecule has 3 nitrogen and oxygen atoms in total. The highest BCUT2D eigenvalue weighted by Crippen LogP contribution is 2.07. The molecule has 0 unspecified atom stereocenters. The SMILES string of the molecule is C=CCN(Cc1ccc(N)cn1)C(C)C. The summed E-state index contributed by atoms with van der Waals surface area (Å²) in [6, 6.07) is 4.34. The Morgan fingerprint density at radius 1 is 1.53 bits per heavy atom. The number of pyridine rings is 1. The van der Waals surface area contributed by atoms with Crippen molar-refractivity contribution < 1.29 is 0 Å². The second-order valence-corrected chi connectivity index (χ2v) is 3.89. The molecule has 82 valence electrons. The molecule has 0 saturated carbocycles. The van der Waals surface area contributed by atoms with E-state index >= 15 is 0 Å². The van der Waals surface area contributed by atoms with Crippen LogP contribution in [-0.4, -0.2) is 22.5 Å². The van der Waals surface area contributed by atoms with Crippen LogP contribution < -0.4 is 5.73 Å². The molecular formula is C12H19N3. The first kappa shape index (κ1) is 11.7. The van der Waals surface area contributed by atoms with E-state index in [-0.39, 0.29) is 0 Å². The monoisotopic (exact) mass is 205 g/mol. The number of rotatable bonds is 5. The fourth-order valence-corrected chi connectivity index (χ4v) is 1.36. The van der Waals surface area contributed by atoms with Crippen molar-refractivity contribution in [1.29, 1.82) is 0 Å². The van der Waals surface area contributed by atoms with Crippen LogP contribution in [0.5, 0.6) is 0 Å². The Labute approximate surface area is 91.6 Å². The third kappa shape index (κ3) is 3.72. The summed E-state index contributed by atoms with van der Waals surface area (Å²) in [5.41, 5.74) is 7.33.